The summed E-state index contributed by atoms with van der Waals surface area (Å²) in [5.41, 5.74) is 3.67. The first-order valence-electron chi connectivity index (χ1n) is 7.73. The van der Waals surface area contributed by atoms with Crippen molar-refractivity contribution in [1.82, 2.24) is 9.80 Å². The molecule has 1 fully saturated rings. The van der Waals surface area contributed by atoms with Crippen LogP contribution in [0.3, 0.4) is 0 Å². The van der Waals surface area contributed by atoms with E-state index in [2.05, 4.69) is 6.07 Å². The van der Waals surface area contributed by atoms with Crippen LogP contribution in [0.4, 0.5) is 0 Å². The second-order valence-electron chi connectivity index (χ2n) is 5.97. The van der Waals surface area contributed by atoms with Crippen molar-refractivity contribution in [2.45, 2.75) is 13.8 Å². The first kappa shape index (κ1) is 15.7. The van der Waals surface area contributed by atoms with E-state index in [1.165, 1.54) is 11.3 Å². The van der Waals surface area contributed by atoms with Gasteiger partial charge >= 0.3 is 0 Å². The van der Waals surface area contributed by atoms with E-state index in [0.717, 1.165) is 22.3 Å². The van der Waals surface area contributed by atoms with Gasteiger partial charge in [-0.1, -0.05) is 17.2 Å². The molecule has 1 aromatic heterocycles. The summed E-state index contributed by atoms with van der Waals surface area (Å²) < 4.78 is 0. The molecule has 2 aromatic rings. The molecule has 120 valence electrons. The molecule has 2 amide bonds. The molecule has 0 N–H and O–H groups in total. The number of nitrogens with zero attached hydrogens (tertiary/aromatic N) is 2. The fourth-order valence-electron chi connectivity index (χ4n) is 2.96. The van der Waals surface area contributed by atoms with Crippen LogP contribution >= 0.6 is 11.3 Å². The zero-order chi connectivity index (χ0) is 16.4. The number of hydrogen-bond acceptors (Lipinski definition) is 3. The van der Waals surface area contributed by atoms with Crippen molar-refractivity contribution in [3.8, 4) is 0 Å². The van der Waals surface area contributed by atoms with Crippen LogP contribution in [0.15, 0.2) is 35.0 Å². The van der Waals surface area contributed by atoms with Crippen LogP contribution < -0.4 is 0 Å². The van der Waals surface area contributed by atoms with E-state index in [-0.39, 0.29) is 11.8 Å². The molecule has 4 nitrogen and oxygen atoms in total. The van der Waals surface area contributed by atoms with Crippen molar-refractivity contribution in [1.29, 1.82) is 0 Å². The van der Waals surface area contributed by atoms with Crippen LogP contribution in [-0.4, -0.2) is 47.8 Å². The molecule has 23 heavy (non-hydrogen) atoms. The molecule has 0 radical (unpaired) electrons. The van der Waals surface area contributed by atoms with Crippen LogP contribution in [0.1, 0.15) is 31.8 Å². The maximum Gasteiger partial charge on any atom is 0.254 e. The molecule has 0 atom stereocenters. The highest BCUT2D eigenvalue weighted by molar-refractivity contribution is 7.08. The number of carbonyl (C=O) groups excluding carboxylic acids is 2. The SMILES string of the molecule is Cc1cc(C)cc(C(=O)N2CCN(C(=O)c3ccsc3)CC2)c1. The highest BCUT2D eigenvalue weighted by Gasteiger charge is 2.25. The molecule has 1 saturated heterocycles. The summed E-state index contributed by atoms with van der Waals surface area (Å²) in [5, 5.41) is 3.78. The topological polar surface area (TPSA) is 40.6 Å². The zero-order valence-corrected chi connectivity index (χ0v) is 14.2. The third-order valence-electron chi connectivity index (χ3n) is 4.09. The van der Waals surface area contributed by atoms with Gasteiger partial charge in [0.25, 0.3) is 11.8 Å². The summed E-state index contributed by atoms with van der Waals surface area (Å²) in [6, 6.07) is 7.77. The Balaban J connectivity index is 1.64. The van der Waals surface area contributed by atoms with Crippen LogP contribution in [0.25, 0.3) is 0 Å². The van der Waals surface area contributed by atoms with E-state index in [0.29, 0.717) is 26.2 Å². The number of aryl methyl sites for hydroxylation is 2. The van der Waals surface area contributed by atoms with Gasteiger partial charge in [-0.15, -0.1) is 0 Å². The molecule has 5 heteroatoms. The zero-order valence-electron chi connectivity index (χ0n) is 13.4. The van der Waals surface area contributed by atoms with Gasteiger partial charge in [-0.05, 0) is 37.4 Å². The van der Waals surface area contributed by atoms with E-state index in [4.69, 9.17) is 0 Å². The Morgan fingerprint density at radius 1 is 0.870 bits per heavy atom. The second kappa shape index (κ2) is 6.54. The molecular weight excluding hydrogens is 308 g/mol. The number of carbonyl (C=O) groups is 2. The lowest BCUT2D eigenvalue weighted by Gasteiger charge is -2.34. The van der Waals surface area contributed by atoms with E-state index in [1.807, 2.05) is 52.6 Å². The number of piperazine rings is 1. The minimum atomic E-state index is 0.0550. The number of benzene rings is 1. The predicted octanol–water partition coefficient (Wildman–Crippen LogP) is 2.96. The highest BCUT2D eigenvalue weighted by atomic mass is 32.1. The minimum Gasteiger partial charge on any atom is -0.335 e. The van der Waals surface area contributed by atoms with Gasteiger partial charge in [0.2, 0.25) is 0 Å². The maximum atomic E-state index is 12.6. The fourth-order valence-corrected chi connectivity index (χ4v) is 3.59. The highest BCUT2D eigenvalue weighted by Crippen LogP contribution is 2.15. The lowest BCUT2D eigenvalue weighted by molar-refractivity contribution is 0.0535. The first-order valence-corrected chi connectivity index (χ1v) is 8.68. The predicted molar refractivity (Wildman–Crippen MR) is 92.0 cm³/mol. The first-order chi connectivity index (χ1) is 11.0. The van der Waals surface area contributed by atoms with Crippen LogP contribution in [-0.2, 0) is 0 Å². The Labute approximate surface area is 140 Å². The smallest absolute Gasteiger partial charge is 0.254 e. The molecule has 0 aliphatic carbocycles. The molecule has 2 heterocycles. The number of rotatable bonds is 2. The summed E-state index contributed by atoms with van der Waals surface area (Å²) in [5.74, 6) is 0.115. The Bertz CT molecular complexity index is 696. The van der Waals surface area contributed by atoms with Crippen molar-refractivity contribution in [2.75, 3.05) is 26.2 Å². The maximum absolute atomic E-state index is 12.6. The lowest BCUT2D eigenvalue weighted by atomic mass is 10.1. The van der Waals surface area contributed by atoms with Crippen molar-refractivity contribution < 1.29 is 9.59 Å². The van der Waals surface area contributed by atoms with Gasteiger partial charge in [0.15, 0.2) is 0 Å². The van der Waals surface area contributed by atoms with Gasteiger partial charge in [0.05, 0.1) is 5.56 Å². The van der Waals surface area contributed by atoms with E-state index in [9.17, 15) is 9.59 Å². The van der Waals surface area contributed by atoms with Crippen molar-refractivity contribution >= 4 is 23.2 Å². The number of thiophene rings is 1. The Morgan fingerprint density at radius 3 is 1.87 bits per heavy atom. The summed E-state index contributed by atoms with van der Waals surface area (Å²) >= 11 is 1.53. The van der Waals surface area contributed by atoms with Gasteiger partial charge in [-0.25, -0.2) is 0 Å². The van der Waals surface area contributed by atoms with Crippen LogP contribution in [0, 0.1) is 13.8 Å². The van der Waals surface area contributed by atoms with Crippen molar-refractivity contribution in [2.24, 2.45) is 0 Å². The molecule has 1 aliphatic heterocycles. The fraction of sp³-hybridized carbons (Fsp3) is 0.333. The normalized spacial score (nSPS) is 14.9. The Morgan fingerprint density at radius 2 is 1.39 bits per heavy atom. The third kappa shape index (κ3) is 3.45. The van der Waals surface area contributed by atoms with Crippen molar-refractivity contribution in [3.63, 3.8) is 0 Å². The lowest BCUT2D eigenvalue weighted by Crippen LogP contribution is -2.50. The molecule has 0 unspecified atom stereocenters. The number of hydrogen-bond donors (Lipinski definition) is 0. The van der Waals surface area contributed by atoms with Gasteiger partial charge in [0.1, 0.15) is 0 Å². The Kier molecular flexibility index (Phi) is 4.48. The van der Waals surface area contributed by atoms with E-state index in [1.54, 1.807) is 0 Å². The van der Waals surface area contributed by atoms with Gasteiger partial charge in [-0.2, -0.15) is 11.3 Å². The molecule has 0 spiro atoms. The summed E-state index contributed by atoms with van der Waals surface area (Å²) in [4.78, 5) is 28.6. The third-order valence-corrected chi connectivity index (χ3v) is 4.77. The molecule has 3 rings (SSSR count). The second-order valence-corrected chi connectivity index (χ2v) is 6.75. The molecule has 0 saturated carbocycles. The van der Waals surface area contributed by atoms with Crippen LogP contribution in [0.2, 0.25) is 0 Å². The minimum absolute atomic E-state index is 0.0550. The van der Waals surface area contributed by atoms with Crippen LogP contribution in [0.5, 0.6) is 0 Å². The van der Waals surface area contributed by atoms with Gasteiger partial charge in [-0.3, -0.25) is 9.59 Å². The Hall–Kier alpha value is -2.14. The largest absolute Gasteiger partial charge is 0.335 e. The summed E-state index contributed by atoms with van der Waals surface area (Å²) in [6.07, 6.45) is 0. The number of amides is 2. The van der Waals surface area contributed by atoms with Gasteiger partial charge < -0.3 is 9.80 Å². The summed E-state index contributed by atoms with van der Waals surface area (Å²) in [6.45, 7) is 6.35. The molecular formula is C18H20N2O2S. The van der Waals surface area contributed by atoms with Gasteiger partial charge in [0, 0.05) is 37.1 Å². The molecule has 0 bridgehead atoms. The monoisotopic (exact) mass is 328 g/mol. The molecule has 1 aliphatic rings. The summed E-state index contributed by atoms with van der Waals surface area (Å²) in [7, 11) is 0. The van der Waals surface area contributed by atoms with Crippen molar-refractivity contribution in [3.05, 3.63) is 57.3 Å². The standard InChI is InChI=1S/C18H20N2O2S/c1-13-9-14(2)11-16(10-13)18(22)20-6-4-19(5-7-20)17(21)15-3-8-23-12-15/h3,8-12H,4-7H2,1-2H3. The van der Waals surface area contributed by atoms with E-state index < -0.39 is 0 Å². The average Bonchev–Trinajstić information content (AvgIpc) is 3.07. The molecule has 1 aromatic carbocycles. The van der Waals surface area contributed by atoms with E-state index >= 15 is 0 Å². The quantitative estimate of drug-likeness (QED) is 0.850. The average molecular weight is 328 g/mol.